The van der Waals surface area contributed by atoms with Gasteiger partial charge in [-0.2, -0.15) is 0 Å². The van der Waals surface area contributed by atoms with Crippen LogP contribution in [0.3, 0.4) is 0 Å². The largest absolute Gasteiger partial charge is 0.347 e. The van der Waals surface area contributed by atoms with Crippen molar-refractivity contribution >= 4 is 17.8 Å². The molecule has 3 aromatic carbocycles. The highest BCUT2D eigenvalue weighted by Gasteiger charge is 2.51. The van der Waals surface area contributed by atoms with E-state index >= 15 is 0 Å². The maximum Gasteiger partial charge on any atom is 0.325 e. The first kappa shape index (κ1) is 23.2. The summed E-state index contributed by atoms with van der Waals surface area (Å²) in [5.74, 6) is -1.41. The minimum atomic E-state index is -1.33. The second-order valence-electron chi connectivity index (χ2n) is 8.31. The van der Waals surface area contributed by atoms with Gasteiger partial charge < -0.3 is 10.6 Å². The van der Waals surface area contributed by atoms with Gasteiger partial charge in [0.25, 0.3) is 5.91 Å². The zero-order valence-corrected chi connectivity index (χ0v) is 18.8. The molecule has 0 aliphatic carbocycles. The fraction of sp³-hybridized carbons (Fsp3) is 0.222. The molecule has 0 spiro atoms. The number of nitrogens with one attached hydrogen (secondary N) is 2. The van der Waals surface area contributed by atoms with E-state index in [-0.39, 0.29) is 12.5 Å². The SMILES string of the molecule is CCC1(c2ccc(F)cc2)NC(=O)N(CC(=O)NC(Cc2ccccc2)c2ccccc2)C1=O. The standard InChI is InChI=1S/C27H26FN3O3/c1-2-27(21-13-15-22(28)16-14-21)25(33)31(26(34)30-27)18-24(32)29-23(20-11-7-4-8-12-20)17-19-9-5-3-6-10-19/h3-16,23H,2,17-18H2,1H3,(H,29,32)(H,30,34). The van der Waals surface area contributed by atoms with Gasteiger partial charge in [0.2, 0.25) is 5.91 Å². The summed E-state index contributed by atoms with van der Waals surface area (Å²) in [5.41, 5.74) is 1.12. The minimum absolute atomic E-state index is 0.266. The van der Waals surface area contributed by atoms with Crippen molar-refractivity contribution in [3.05, 3.63) is 107 Å². The number of halogens is 1. The molecular weight excluding hydrogens is 433 g/mol. The lowest BCUT2D eigenvalue weighted by atomic mass is 9.87. The van der Waals surface area contributed by atoms with Gasteiger partial charge in [-0.15, -0.1) is 0 Å². The number of urea groups is 1. The Hall–Kier alpha value is -4.00. The number of carbonyl (C=O) groups excluding carboxylic acids is 3. The molecule has 0 aromatic heterocycles. The number of amides is 4. The smallest absolute Gasteiger partial charge is 0.325 e. The van der Waals surface area contributed by atoms with Gasteiger partial charge in [-0.05, 0) is 41.7 Å². The van der Waals surface area contributed by atoms with Gasteiger partial charge >= 0.3 is 6.03 Å². The Balaban J connectivity index is 1.52. The van der Waals surface area contributed by atoms with Crippen molar-refractivity contribution in [2.24, 2.45) is 0 Å². The molecular formula is C27H26FN3O3. The van der Waals surface area contributed by atoms with E-state index in [1.54, 1.807) is 6.92 Å². The molecule has 0 radical (unpaired) electrons. The van der Waals surface area contributed by atoms with Crippen LogP contribution < -0.4 is 10.6 Å². The van der Waals surface area contributed by atoms with E-state index in [1.165, 1.54) is 24.3 Å². The van der Waals surface area contributed by atoms with Gasteiger partial charge in [0.05, 0.1) is 6.04 Å². The highest BCUT2D eigenvalue weighted by molar-refractivity contribution is 6.09. The summed E-state index contributed by atoms with van der Waals surface area (Å²) in [4.78, 5) is 40.0. The van der Waals surface area contributed by atoms with Crippen LogP contribution in [0.1, 0.15) is 36.1 Å². The molecule has 4 rings (SSSR count). The van der Waals surface area contributed by atoms with Crippen LogP contribution in [0, 0.1) is 5.82 Å². The molecule has 2 atom stereocenters. The molecule has 1 heterocycles. The molecule has 1 aliphatic rings. The molecule has 0 saturated carbocycles. The molecule has 4 amide bonds. The molecule has 2 unspecified atom stereocenters. The molecule has 174 valence electrons. The van der Waals surface area contributed by atoms with Gasteiger partial charge in [0.1, 0.15) is 17.9 Å². The van der Waals surface area contributed by atoms with Crippen molar-refractivity contribution < 1.29 is 18.8 Å². The van der Waals surface area contributed by atoms with E-state index < -0.39 is 35.7 Å². The number of benzene rings is 3. The van der Waals surface area contributed by atoms with Crippen LogP contribution in [0.5, 0.6) is 0 Å². The summed E-state index contributed by atoms with van der Waals surface area (Å²) in [7, 11) is 0. The molecule has 3 aromatic rings. The Labute approximate surface area is 197 Å². The average molecular weight is 460 g/mol. The van der Waals surface area contributed by atoms with Crippen molar-refractivity contribution in [3.63, 3.8) is 0 Å². The second kappa shape index (κ2) is 9.87. The Morgan fingerprint density at radius 3 is 2.21 bits per heavy atom. The summed E-state index contributed by atoms with van der Waals surface area (Å²) in [6.45, 7) is 1.35. The fourth-order valence-electron chi connectivity index (χ4n) is 4.31. The third-order valence-electron chi connectivity index (χ3n) is 6.16. The Bertz CT molecular complexity index is 1170. The Kier molecular flexibility index (Phi) is 6.72. The third kappa shape index (κ3) is 4.69. The summed E-state index contributed by atoms with van der Waals surface area (Å²) in [6, 6.07) is 23.8. The lowest BCUT2D eigenvalue weighted by molar-refractivity contribution is -0.135. The van der Waals surface area contributed by atoms with Crippen molar-refractivity contribution in [2.45, 2.75) is 31.3 Å². The number of carbonyl (C=O) groups is 3. The zero-order valence-electron chi connectivity index (χ0n) is 18.8. The van der Waals surface area contributed by atoms with E-state index in [2.05, 4.69) is 10.6 Å². The first-order valence-corrected chi connectivity index (χ1v) is 11.2. The van der Waals surface area contributed by atoms with Crippen LogP contribution in [0.15, 0.2) is 84.9 Å². The average Bonchev–Trinajstić information content (AvgIpc) is 3.10. The van der Waals surface area contributed by atoms with Crippen molar-refractivity contribution in [1.29, 1.82) is 0 Å². The number of imide groups is 1. The molecule has 7 heteroatoms. The highest BCUT2D eigenvalue weighted by Crippen LogP contribution is 2.32. The van der Waals surface area contributed by atoms with Gasteiger partial charge in [-0.25, -0.2) is 9.18 Å². The topological polar surface area (TPSA) is 78.5 Å². The minimum Gasteiger partial charge on any atom is -0.347 e. The summed E-state index contributed by atoms with van der Waals surface area (Å²) >= 11 is 0. The first-order valence-electron chi connectivity index (χ1n) is 11.2. The van der Waals surface area contributed by atoms with Crippen LogP contribution in [-0.2, 0) is 21.5 Å². The van der Waals surface area contributed by atoms with E-state index in [9.17, 15) is 18.8 Å². The van der Waals surface area contributed by atoms with Crippen LogP contribution in [0.25, 0.3) is 0 Å². The third-order valence-corrected chi connectivity index (χ3v) is 6.16. The molecule has 0 bridgehead atoms. The van der Waals surface area contributed by atoms with E-state index in [1.807, 2.05) is 60.7 Å². The van der Waals surface area contributed by atoms with Gasteiger partial charge in [-0.3, -0.25) is 14.5 Å². The van der Waals surface area contributed by atoms with Gasteiger partial charge in [0.15, 0.2) is 0 Å². The van der Waals surface area contributed by atoms with Crippen LogP contribution in [0.2, 0.25) is 0 Å². The van der Waals surface area contributed by atoms with Crippen molar-refractivity contribution in [2.75, 3.05) is 6.54 Å². The maximum atomic E-state index is 13.4. The van der Waals surface area contributed by atoms with Gasteiger partial charge in [0, 0.05) is 0 Å². The summed E-state index contributed by atoms with van der Waals surface area (Å²) in [6.07, 6.45) is 0.827. The predicted molar refractivity (Wildman–Crippen MR) is 126 cm³/mol. The predicted octanol–water partition coefficient (Wildman–Crippen LogP) is 4.08. The maximum absolute atomic E-state index is 13.4. The van der Waals surface area contributed by atoms with E-state index in [0.29, 0.717) is 12.0 Å². The molecule has 1 aliphatic heterocycles. The monoisotopic (exact) mass is 459 g/mol. The fourth-order valence-corrected chi connectivity index (χ4v) is 4.31. The van der Waals surface area contributed by atoms with Crippen molar-refractivity contribution in [3.8, 4) is 0 Å². The Morgan fingerprint density at radius 1 is 0.971 bits per heavy atom. The van der Waals surface area contributed by atoms with Crippen LogP contribution in [0.4, 0.5) is 9.18 Å². The second-order valence-corrected chi connectivity index (χ2v) is 8.31. The number of rotatable bonds is 8. The zero-order chi connectivity index (χ0) is 24.1. The number of hydrogen-bond acceptors (Lipinski definition) is 3. The molecule has 1 saturated heterocycles. The highest BCUT2D eigenvalue weighted by atomic mass is 19.1. The van der Waals surface area contributed by atoms with Gasteiger partial charge in [-0.1, -0.05) is 79.7 Å². The lowest BCUT2D eigenvalue weighted by Gasteiger charge is -2.26. The van der Waals surface area contributed by atoms with E-state index in [4.69, 9.17) is 0 Å². The molecule has 1 fully saturated rings. The number of nitrogens with zero attached hydrogens (tertiary/aromatic N) is 1. The summed E-state index contributed by atoms with van der Waals surface area (Å²) in [5, 5.41) is 5.70. The van der Waals surface area contributed by atoms with Crippen LogP contribution in [-0.4, -0.2) is 29.3 Å². The quantitative estimate of drug-likeness (QED) is 0.498. The molecule has 6 nitrogen and oxygen atoms in total. The lowest BCUT2D eigenvalue weighted by Crippen LogP contribution is -2.45. The Morgan fingerprint density at radius 2 is 1.59 bits per heavy atom. The normalized spacial score (nSPS) is 18.5. The van der Waals surface area contributed by atoms with E-state index in [0.717, 1.165) is 16.0 Å². The molecule has 34 heavy (non-hydrogen) atoms. The molecule has 2 N–H and O–H groups in total. The van der Waals surface area contributed by atoms with Crippen LogP contribution >= 0.6 is 0 Å². The summed E-state index contributed by atoms with van der Waals surface area (Å²) < 4.78 is 13.4. The first-order chi connectivity index (χ1) is 16.4. The number of hydrogen-bond donors (Lipinski definition) is 2. The van der Waals surface area contributed by atoms with Crippen molar-refractivity contribution in [1.82, 2.24) is 15.5 Å².